The second-order valence-electron chi connectivity index (χ2n) is 7.87. The second kappa shape index (κ2) is 10.2. The summed E-state index contributed by atoms with van der Waals surface area (Å²) in [5.74, 6) is 0. The molecule has 4 rings (SSSR count). The summed E-state index contributed by atoms with van der Waals surface area (Å²) in [5.41, 5.74) is 4.87. The molecule has 0 unspecified atom stereocenters. The van der Waals surface area contributed by atoms with Crippen molar-refractivity contribution in [1.29, 1.82) is 0 Å². The van der Waals surface area contributed by atoms with Crippen LogP contribution in [0.1, 0.15) is 64.2 Å². The van der Waals surface area contributed by atoms with Crippen LogP contribution in [0.5, 0.6) is 0 Å². The Morgan fingerprint density at radius 3 is 1.65 bits per heavy atom. The van der Waals surface area contributed by atoms with Gasteiger partial charge in [0, 0.05) is 0 Å². The van der Waals surface area contributed by atoms with Gasteiger partial charge < -0.3 is 0 Å². The molecule has 2 aliphatic rings. The molecule has 142 valence electrons. The molecule has 26 heavy (non-hydrogen) atoms. The normalized spacial score (nSPS) is 19.3. The zero-order chi connectivity index (χ0) is 16.9. The van der Waals surface area contributed by atoms with Gasteiger partial charge in [-0.15, -0.1) is 0 Å². The van der Waals surface area contributed by atoms with Gasteiger partial charge in [0.15, 0.2) is 0 Å². The van der Waals surface area contributed by atoms with Crippen molar-refractivity contribution in [3.8, 4) is 11.1 Å². The van der Waals surface area contributed by atoms with Gasteiger partial charge in [-0.2, -0.15) is 0 Å². The van der Waals surface area contributed by atoms with Gasteiger partial charge in [-0.3, -0.25) is 0 Å². The maximum atomic E-state index is 2.48. The molecule has 0 heterocycles. The van der Waals surface area contributed by atoms with E-state index in [-0.39, 0.29) is 30.3 Å². The van der Waals surface area contributed by atoms with E-state index < -0.39 is 0 Å². The summed E-state index contributed by atoms with van der Waals surface area (Å²) in [4.78, 5) is 0. The molecular weight excluding hydrogens is 516 g/mol. The van der Waals surface area contributed by atoms with Gasteiger partial charge in [-0.05, 0) is 53.4 Å². The van der Waals surface area contributed by atoms with Gasteiger partial charge in [-0.1, -0.05) is 101 Å². The fourth-order valence-electron chi connectivity index (χ4n) is 4.97. The smallest absolute Gasteiger partial charge is 0.0683 e. The predicted molar refractivity (Wildman–Crippen MR) is 112 cm³/mol. The first-order chi connectivity index (χ1) is 12.4. The third kappa shape index (κ3) is 4.71. The molecule has 0 saturated heterocycles. The Morgan fingerprint density at radius 1 is 0.577 bits per heavy atom. The SMILES string of the molecule is [Au+].c1ccc(-c2ccccc2P(C2CCCCC2)C2CCCCC2)cc1. The van der Waals surface area contributed by atoms with Gasteiger partial charge in [0.1, 0.15) is 0 Å². The van der Waals surface area contributed by atoms with Crippen LogP contribution in [0.4, 0.5) is 0 Å². The van der Waals surface area contributed by atoms with Crippen molar-refractivity contribution >= 4 is 13.2 Å². The van der Waals surface area contributed by atoms with Crippen LogP contribution in [-0.2, 0) is 22.4 Å². The first-order valence-electron chi connectivity index (χ1n) is 10.4. The molecule has 0 bridgehead atoms. The van der Waals surface area contributed by atoms with Gasteiger partial charge in [0.05, 0.1) is 0 Å². The molecule has 0 amide bonds. The standard InChI is InChI=1S/C24H31P.Au/c1-4-12-20(13-5-1)23-18-10-11-19-24(23)25(21-14-6-2-7-15-21)22-16-8-3-9-17-22;/h1,4-5,10-13,18-19,21-22H,2-3,6-9,14-17H2;/q;+1. The minimum absolute atomic E-state index is 0. The van der Waals surface area contributed by atoms with Gasteiger partial charge >= 0.3 is 22.4 Å². The van der Waals surface area contributed by atoms with E-state index in [1.165, 1.54) is 75.3 Å². The summed E-state index contributed by atoms with van der Waals surface area (Å²) < 4.78 is 0. The van der Waals surface area contributed by atoms with Crippen molar-refractivity contribution in [2.24, 2.45) is 0 Å². The van der Waals surface area contributed by atoms with Crippen LogP contribution in [0.3, 0.4) is 0 Å². The molecule has 0 aliphatic heterocycles. The Labute approximate surface area is 176 Å². The van der Waals surface area contributed by atoms with Crippen LogP contribution in [-0.4, -0.2) is 11.3 Å². The summed E-state index contributed by atoms with van der Waals surface area (Å²) in [6, 6.07) is 20.5. The van der Waals surface area contributed by atoms with E-state index in [9.17, 15) is 0 Å². The second-order valence-corrected chi connectivity index (χ2v) is 10.6. The monoisotopic (exact) mass is 547 g/mol. The van der Waals surface area contributed by atoms with Crippen LogP contribution in [0.25, 0.3) is 11.1 Å². The summed E-state index contributed by atoms with van der Waals surface area (Å²) in [5, 5.41) is 1.71. The third-order valence-corrected chi connectivity index (χ3v) is 9.76. The fourth-order valence-corrected chi connectivity index (χ4v) is 8.94. The van der Waals surface area contributed by atoms with Crippen molar-refractivity contribution in [1.82, 2.24) is 0 Å². The Hall–Kier alpha value is -0.390. The largest absolute Gasteiger partial charge is 1.00 e. The molecule has 0 N–H and O–H groups in total. The fraction of sp³-hybridized carbons (Fsp3) is 0.500. The minimum Gasteiger partial charge on any atom is -0.0683 e. The first kappa shape index (κ1) is 20.3. The topological polar surface area (TPSA) is 0 Å². The van der Waals surface area contributed by atoms with Crippen LogP contribution in [0, 0.1) is 0 Å². The molecular formula is C24H31AuP+. The van der Waals surface area contributed by atoms with E-state index in [4.69, 9.17) is 0 Å². The molecule has 2 aromatic rings. The Kier molecular flexibility index (Phi) is 8.01. The number of hydrogen-bond acceptors (Lipinski definition) is 0. The Bertz CT molecular complexity index is 639. The molecule has 0 radical (unpaired) electrons. The quantitative estimate of drug-likeness (QED) is 0.283. The van der Waals surface area contributed by atoms with E-state index in [0.717, 1.165) is 11.3 Å². The van der Waals surface area contributed by atoms with E-state index in [0.29, 0.717) is 0 Å². The molecule has 2 aliphatic carbocycles. The number of hydrogen-bond donors (Lipinski definition) is 0. The van der Waals surface area contributed by atoms with E-state index in [2.05, 4.69) is 54.6 Å². The molecule has 0 aromatic heterocycles. The summed E-state index contributed by atoms with van der Waals surface area (Å²) in [6.07, 6.45) is 14.7. The molecule has 2 saturated carbocycles. The van der Waals surface area contributed by atoms with Crippen molar-refractivity contribution in [2.75, 3.05) is 0 Å². The average molecular weight is 547 g/mol. The minimum atomic E-state index is -0.0365. The molecule has 0 atom stereocenters. The van der Waals surface area contributed by atoms with Crippen LogP contribution < -0.4 is 5.30 Å². The van der Waals surface area contributed by atoms with Crippen molar-refractivity contribution in [3.05, 3.63) is 54.6 Å². The molecule has 0 nitrogen and oxygen atoms in total. The van der Waals surface area contributed by atoms with Crippen LogP contribution in [0.15, 0.2) is 54.6 Å². The first-order valence-corrected chi connectivity index (χ1v) is 11.8. The maximum Gasteiger partial charge on any atom is 1.00 e. The third-order valence-electron chi connectivity index (χ3n) is 6.20. The number of benzene rings is 2. The molecule has 0 spiro atoms. The van der Waals surface area contributed by atoms with Gasteiger partial charge in [0.2, 0.25) is 0 Å². The van der Waals surface area contributed by atoms with Crippen molar-refractivity contribution in [2.45, 2.75) is 75.5 Å². The van der Waals surface area contributed by atoms with Crippen LogP contribution in [0.2, 0.25) is 0 Å². The molecule has 2 heteroatoms. The summed E-state index contributed by atoms with van der Waals surface area (Å²) in [6.45, 7) is 0. The number of rotatable bonds is 4. The summed E-state index contributed by atoms with van der Waals surface area (Å²) >= 11 is 0. The van der Waals surface area contributed by atoms with Crippen molar-refractivity contribution < 1.29 is 22.4 Å². The zero-order valence-corrected chi connectivity index (χ0v) is 18.7. The van der Waals surface area contributed by atoms with Crippen molar-refractivity contribution in [3.63, 3.8) is 0 Å². The van der Waals surface area contributed by atoms with E-state index in [1.807, 2.05) is 0 Å². The molecule has 2 fully saturated rings. The van der Waals surface area contributed by atoms with Gasteiger partial charge in [-0.25, -0.2) is 0 Å². The Balaban J connectivity index is 0.00000196. The average Bonchev–Trinajstić information content (AvgIpc) is 2.71. The van der Waals surface area contributed by atoms with Gasteiger partial charge in [0.25, 0.3) is 0 Å². The van der Waals surface area contributed by atoms with E-state index in [1.54, 1.807) is 5.30 Å². The van der Waals surface area contributed by atoms with E-state index >= 15 is 0 Å². The van der Waals surface area contributed by atoms with Crippen LogP contribution >= 0.6 is 7.92 Å². The maximum absolute atomic E-state index is 2.48. The summed E-state index contributed by atoms with van der Waals surface area (Å²) in [7, 11) is -0.0365. The Morgan fingerprint density at radius 2 is 1.08 bits per heavy atom. The predicted octanol–water partition coefficient (Wildman–Crippen LogP) is 7.12. The molecule has 2 aromatic carbocycles. The zero-order valence-electron chi connectivity index (χ0n) is 15.7.